The summed E-state index contributed by atoms with van der Waals surface area (Å²) in [6.45, 7) is 0. The molecule has 0 amide bonds. The molecule has 0 aliphatic rings. The first-order valence-electron chi connectivity index (χ1n) is 6.43. The third kappa shape index (κ3) is 2.77. The quantitative estimate of drug-likeness (QED) is 0.769. The van der Waals surface area contributed by atoms with Crippen molar-refractivity contribution < 1.29 is 12.8 Å². The molecule has 0 heterocycles. The number of rotatable bonds is 3. The Morgan fingerprint density at radius 3 is 2.36 bits per heavy atom. The summed E-state index contributed by atoms with van der Waals surface area (Å²) in [5.41, 5.74) is 0.348. The normalized spacial score (nSPS) is 11.5. The molecular formula is C16H11ClFNO2S. The first kappa shape index (κ1) is 14.8. The van der Waals surface area contributed by atoms with E-state index in [0.29, 0.717) is 16.1 Å². The number of nitrogens with one attached hydrogen (secondary N) is 1. The average Bonchev–Trinajstić information content (AvgIpc) is 2.47. The fraction of sp³-hybridized carbons (Fsp3) is 0. The zero-order valence-corrected chi connectivity index (χ0v) is 12.8. The lowest BCUT2D eigenvalue weighted by molar-refractivity contribution is 0.601. The van der Waals surface area contributed by atoms with Crippen LogP contribution in [0.5, 0.6) is 0 Å². The smallest absolute Gasteiger partial charge is 0.262 e. The van der Waals surface area contributed by atoms with Crippen molar-refractivity contribution in [3.8, 4) is 0 Å². The topological polar surface area (TPSA) is 46.2 Å². The van der Waals surface area contributed by atoms with E-state index in [1.165, 1.54) is 12.1 Å². The molecule has 3 nitrogen and oxygen atoms in total. The van der Waals surface area contributed by atoms with E-state index >= 15 is 0 Å². The van der Waals surface area contributed by atoms with Gasteiger partial charge in [0.1, 0.15) is 5.82 Å². The molecule has 0 aromatic heterocycles. The molecule has 0 aliphatic carbocycles. The monoisotopic (exact) mass is 335 g/mol. The largest absolute Gasteiger partial charge is 0.280 e. The van der Waals surface area contributed by atoms with Gasteiger partial charge < -0.3 is 0 Å². The second kappa shape index (κ2) is 5.59. The fourth-order valence-electron chi connectivity index (χ4n) is 2.23. The molecule has 3 aromatic rings. The minimum atomic E-state index is -3.85. The van der Waals surface area contributed by atoms with Crippen LogP contribution in [0.3, 0.4) is 0 Å². The number of hydrogen-bond donors (Lipinski definition) is 1. The molecule has 0 saturated heterocycles. The van der Waals surface area contributed by atoms with Crippen LogP contribution in [0.4, 0.5) is 10.1 Å². The molecule has 0 bridgehead atoms. The zero-order chi connectivity index (χ0) is 15.7. The van der Waals surface area contributed by atoms with Gasteiger partial charge in [0.05, 0.1) is 10.6 Å². The van der Waals surface area contributed by atoms with Gasteiger partial charge in [-0.1, -0.05) is 41.9 Å². The van der Waals surface area contributed by atoms with Crippen molar-refractivity contribution in [2.24, 2.45) is 0 Å². The van der Waals surface area contributed by atoms with Gasteiger partial charge in [0.15, 0.2) is 0 Å². The highest BCUT2D eigenvalue weighted by molar-refractivity contribution is 7.93. The summed E-state index contributed by atoms with van der Waals surface area (Å²) in [6.07, 6.45) is 0. The van der Waals surface area contributed by atoms with Gasteiger partial charge in [-0.05, 0) is 30.3 Å². The fourth-order valence-corrected chi connectivity index (χ4v) is 3.68. The Bertz CT molecular complexity index is 957. The molecule has 0 spiro atoms. The number of sulfonamides is 1. The summed E-state index contributed by atoms with van der Waals surface area (Å²) in [5, 5.41) is 1.01. The SMILES string of the molecule is O=S(=O)(Nc1cccc(Cl)c1)c1ccc(F)c2ccccc12. The van der Waals surface area contributed by atoms with Gasteiger partial charge in [0.25, 0.3) is 10.0 Å². The van der Waals surface area contributed by atoms with E-state index in [-0.39, 0.29) is 10.3 Å². The number of hydrogen-bond acceptors (Lipinski definition) is 2. The Labute approximate surface area is 132 Å². The molecular weight excluding hydrogens is 325 g/mol. The summed E-state index contributed by atoms with van der Waals surface area (Å²) in [4.78, 5) is 0.0180. The molecule has 3 aromatic carbocycles. The van der Waals surface area contributed by atoms with Gasteiger partial charge >= 0.3 is 0 Å². The summed E-state index contributed by atoms with van der Waals surface area (Å²) < 4.78 is 41.4. The minimum absolute atomic E-state index is 0.0180. The maximum absolute atomic E-state index is 13.8. The summed E-state index contributed by atoms with van der Waals surface area (Å²) in [5.74, 6) is -0.461. The Morgan fingerprint density at radius 1 is 0.909 bits per heavy atom. The third-order valence-electron chi connectivity index (χ3n) is 3.20. The molecule has 0 radical (unpaired) electrons. The van der Waals surface area contributed by atoms with E-state index in [2.05, 4.69) is 4.72 Å². The van der Waals surface area contributed by atoms with Crippen LogP contribution in [0, 0.1) is 5.82 Å². The average molecular weight is 336 g/mol. The van der Waals surface area contributed by atoms with Gasteiger partial charge in [-0.25, -0.2) is 12.8 Å². The Balaban J connectivity index is 2.12. The van der Waals surface area contributed by atoms with Crippen molar-refractivity contribution in [1.82, 2.24) is 0 Å². The second-order valence-electron chi connectivity index (χ2n) is 4.71. The second-order valence-corrected chi connectivity index (χ2v) is 6.79. The van der Waals surface area contributed by atoms with Crippen molar-refractivity contribution in [3.05, 3.63) is 71.5 Å². The number of benzene rings is 3. The van der Waals surface area contributed by atoms with Crippen molar-refractivity contribution >= 4 is 38.1 Å². The summed E-state index contributed by atoms with van der Waals surface area (Å²) in [6, 6.07) is 15.2. The van der Waals surface area contributed by atoms with Gasteiger partial charge in [0, 0.05) is 15.8 Å². The van der Waals surface area contributed by atoms with Crippen LogP contribution in [0.1, 0.15) is 0 Å². The standard InChI is InChI=1S/C16H11ClFNO2S/c17-11-4-3-5-12(10-11)19-22(20,21)16-9-8-15(18)13-6-1-2-7-14(13)16/h1-10,19H. The van der Waals surface area contributed by atoms with Crippen LogP contribution in [0.15, 0.2) is 65.6 Å². The van der Waals surface area contributed by atoms with Gasteiger partial charge in [-0.3, -0.25) is 4.72 Å². The van der Waals surface area contributed by atoms with E-state index in [1.54, 1.807) is 42.5 Å². The zero-order valence-electron chi connectivity index (χ0n) is 11.3. The summed E-state index contributed by atoms with van der Waals surface area (Å²) in [7, 11) is -3.85. The number of halogens is 2. The molecule has 0 aliphatic heterocycles. The van der Waals surface area contributed by atoms with Crippen LogP contribution in [0.2, 0.25) is 5.02 Å². The van der Waals surface area contributed by atoms with Crippen molar-refractivity contribution in [1.29, 1.82) is 0 Å². The first-order valence-corrected chi connectivity index (χ1v) is 8.29. The molecule has 0 unspecified atom stereocenters. The van der Waals surface area contributed by atoms with E-state index in [1.807, 2.05) is 0 Å². The van der Waals surface area contributed by atoms with Gasteiger partial charge in [-0.2, -0.15) is 0 Å². The van der Waals surface area contributed by atoms with Crippen LogP contribution in [-0.2, 0) is 10.0 Å². The van der Waals surface area contributed by atoms with E-state index < -0.39 is 15.8 Å². The lowest BCUT2D eigenvalue weighted by Gasteiger charge is -2.11. The first-order chi connectivity index (χ1) is 10.5. The van der Waals surface area contributed by atoms with E-state index in [0.717, 1.165) is 6.07 Å². The molecule has 6 heteroatoms. The molecule has 112 valence electrons. The van der Waals surface area contributed by atoms with E-state index in [9.17, 15) is 12.8 Å². The van der Waals surface area contributed by atoms with Crippen LogP contribution in [0.25, 0.3) is 10.8 Å². The van der Waals surface area contributed by atoms with Gasteiger partial charge in [-0.15, -0.1) is 0 Å². The Hall–Kier alpha value is -2.11. The Morgan fingerprint density at radius 2 is 1.64 bits per heavy atom. The molecule has 0 saturated carbocycles. The highest BCUT2D eigenvalue weighted by Gasteiger charge is 2.18. The number of anilines is 1. The molecule has 0 atom stereocenters. The highest BCUT2D eigenvalue weighted by Crippen LogP contribution is 2.27. The van der Waals surface area contributed by atoms with Crippen LogP contribution in [-0.4, -0.2) is 8.42 Å². The van der Waals surface area contributed by atoms with Crippen LogP contribution >= 0.6 is 11.6 Å². The lowest BCUT2D eigenvalue weighted by atomic mass is 10.1. The highest BCUT2D eigenvalue weighted by atomic mass is 35.5. The lowest BCUT2D eigenvalue weighted by Crippen LogP contribution is -2.13. The van der Waals surface area contributed by atoms with Gasteiger partial charge in [0.2, 0.25) is 0 Å². The van der Waals surface area contributed by atoms with Crippen LogP contribution < -0.4 is 4.72 Å². The summed E-state index contributed by atoms with van der Waals surface area (Å²) >= 11 is 5.85. The minimum Gasteiger partial charge on any atom is -0.280 e. The van der Waals surface area contributed by atoms with Crippen molar-refractivity contribution in [2.75, 3.05) is 4.72 Å². The Kier molecular flexibility index (Phi) is 3.76. The predicted octanol–water partition coefficient (Wildman–Crippen LogP) is 4.43. The molecule has 3 rings (SSSR count). The van der Waals surface area contributed by atoms with Crippen molar-refractivity contribution in [2.45, 2.75) is 4.90 Å². The van der Waals surface area contributed by atoms with Crippen molar-refractivity contribution in [3.63, 3.8) is 0 Å². The molecule has 22 heavy (non-hydrogen) atoms. The number of fused-ring (bicyclic) bond motifs is 1. The third-order valence-corrected chi connectivity index (χ3v) is 4.87. The maximum Gasteiger partial charge on any atom is 0.262 e. The van der Waals surface area contributed by atoms with E-state index in [4.69, 9.17) is 11.6 Å². The molecule has 0 fully saturated rings. The predicted molar refractivity (Wildman–Crippen MR) is 86.2 cm³/mol. The maximum atomic E-state index is 13.8. The molecule has 1 N–H and O–H groups in total.